The molecule has 2 aliphatic heterocycles. The van der Waals surface area contributed by atoms with Gasteiger partial charge in [-0.15, -0.1) is 0 Å². The van der Waals surface area contributed by atoms with E-state index in [9.17, 15) is 0 Å². The molecule has 25 heavy (non-hydrogen) atoms. The van der Waals surface area contributed by atoms with E-state index in [0.717, 1.165) is 56.8 Å². The summed E-state index contributed by atoms with van der Waals surface area (Å²) in [5.74, 6) is 3.67. The van der Waals surface area contributed by atoms with Gasteiger partial charge in [-0.05, 0) is 30.4 Å². The Morgan fingerprint density at radius 2 is 2.12 bits per heavy atom. The lowest BCUT2D eigenvalue weighted by Gasteiger charge is -2.31. The molecule has 0 amide bonds. The lowest BCUT2D eigenvalue weighted by Crippen LogP contribution is -2.35. The van der Waals surface area contributed by atoms with E-state index < -0.39 is 0 Å². The Hall–Kier alpha value is -2.08. The second-order valence-corrected chi connectivity index (χ2v) is 7.47. The van der Waals surface area contributed by atoms with Crippen LogP contribution in [0.1, 0.15) is 25.3 Å². The largest absolute Gasteiger partial charge is 0.370 e. The van der Waals surface area contributed by atoms with Crippen LogP contribution in [-0.4, -0.2) is 40.9 Å². The Kier molecular flexibility index (Phi) is 4.88. The van der Waals surface area contributed by atoms with E-state index in [2.05, 4.69) is 44.7 Å². The van der Waals surface area contributed by atoms with E-state index in [4.69, 9.17) is 0 Å². The summed E-state index contributed by atoms with van der Waals surface area (Å²) in [6, 6.07) is 6.41. The molecule has 0 radical (unpaired) electrons. The van der Waals surface area contributed by atoms with Crippen LogP contribution >= 0.6 is 0 Å². The zero-order chi connectivity index (χ0) is 17.1. The van der Waals surface area contributed by atoms with Gasteiger partial charge >= 0.3 is 0 Å². The molecule has 6 nitrogen and oxygen atoms in total. The van der Waals surface area contributed by atoms with E-state index in [1.54, 1.807) is 0 Å². The molecule has 4 rings (SSSR count). The third-order valence-corrected chi connectivity index (χ3v) is 5.40. The summed E-state index contributed by atoms with van der Waals surface area (Å²) in [5.41, 5.74) is 1.25. The van der Waals surface area contributed by atoms with Crippen LogP contribution in [0.3, 0.4) is 0 Å². The van der Waals surface area contributed by atoms with Crippen LogP contribution in [0.15, 0.2) is 30.6 Å². The van der Waals surface area contributed by atoms with Gasteiger partial charge in [0, 0.05) is 57.4 Å². The van der Waals surface area contributed by atoms with Gasteiger partial charge in [0.2, 0.25) is 0 Å². The van der Waals surface area contributed by atoms with Crippen molar-refractivity contribution in [1.82, 2.24) is 20.1 Å². The van der Waals surface area contributed by atoms with Gasteiger partial charge < -0.3 is 15.5 Å². The van der Waals surface area contributed by atoms with E-state index in [1.165, 1.54) is 18.4 Å². The molecule has 2 aromatic heterocycles. The highest BCUT2D eigenvalue weighted by Gasteiger charge is 2.18. The van der Waals surface area contributed by atoms with Gasteiger partial charge in [0.1, 0.15) is 11.6 Å². The lowest BCUT2D eigenvalue weighted by molar-refractivity contribution is 0.391. The number of hydrogen-bond acceptors (Lipinski definition) is 5. The van der Waals surface area contributed by atoms with Gasteiger partial charge in [0.05, 0.1) is 6.20 Å². The van der Waals surface area contributed by atoms with E-state index in [0.29, 0.717) is 5.92 Å². The summed E-state index contributed by atoms with van der Waals surface area (Å²) in [5, 5.41) is 11.3. The van der Waals surface area contributed by atoms with E-state index >= 15 is 0 Å². The van der Waals surface area contributed by atoms with Crippen molar-refractivity contribution in [2.45, 2.75) is 32.9 Å². The first-order valence-corrected chi connectivity index (χ1v) is 9.44. The van der Waals surface area contributed by atoms with Crippen molar-refractivity contribution >= 4 is 11.6 Å². The highest BCUT2D eigenvalue weighted by atomic mass is 15.3. The molecule has 134 valence electrons. The maximum atomic E-state index is 4.68. The van der Waals surface area contributed by atoms with Crippen LogP contribution in [0.4, 0.5) is 11.6 Å². The lowest BCUT2D eigenvalue weighted by atomic mass is 9.99. The van der Waals surface area contributed by atoms with Crippen LogP contribution in [-0.2, 0) is 13.1 Å². The number of nitrogens with one attached hydrogen (secondary N) is 2. The minimum Gasteiger partial charge on any atom is -0.370 e. The molecule has 0 unspecified atom stereocenters. The minimum absolute atomic E-state index is 0.565. The molecule has 6 heteroatoms. The van der Waals surface area contributed by atoms with Crippen LogP contribution in [0.25, 0.3) is 0 Å². The van der Waals surface area contributed by atoms with Crippen molar-refractivity contribution in [3.63, 3.8) is 0 Å². The molecule has 0 aromatic carbocycles. The fourth-order valence-electron chi connectivity index (χ4n) is 3.69. The smallest absolute Gasteiger partial charge is 0.128 e. The summed E-state index contributed by atoms with van der Waals surface area (Å²) in [4.78, 5) is 7.08. The monoisotopic (exact) mass is 340 g/mol. The first-order chi connectivity index (χ1) is 12.3. The molecule has 2 N–H and O–H groups in total. The van der Waals surface area contributed by atoms with Crippen molar-refractivity contribution in [2.24, 2.45) is 11.8 Å². The van der Waals surface area contributed by atoms with Gasteiger partial charge in [-0.1, -0.05) is 13.0 Å². The van der Waals surface area contributed by atoms with Gasteiger partial charge in [-0.25, -0.2) is 9.67 Å². The van der Waals surface area contributed by atoms with Crippen molar-refractivity contribution in [3.8, 4) is 0 Å². The molecule has 1 atom stereocenters. The average molecular weight is 340 g/mol. The third-order valence-electron chi connectivity index (χ3n) is 5.40. The van der Waals surface area contributed by atoms with Crippen molar-refractivity contribution < 1.29 is 0 Å². The quantitative estimate of drug-likeness (QED) is 0.875. The van der Waals surface area contributed by atoms with Gasteiger partial charge in [0.15, 0.2) is 0 Å². The molecule has 4 heterocycles. The summed E-state index contributed by atoms with van der Waals surface area (Å²) < 4.78 is 2.05. The number of nitrogens with zero attached hydrogens (tertiary/aromatic N) is 4. The first-order valence-electron chi connectivity index (χ1n) is 9.44. The number of pyridine rings is 1. The normalized spacial score (nSPS) is 21.0. The Labute approximate surface area is 149 Å². The van der Waals surface area contributed by atoms with Crippen LogP contribution < -0.4 is 15.5 Å². The zero-order valence-electron chi connectivity index (χ0n) is 15.0. The van der Waals surface area contributed by atoms with Crippen molar-refractivity contribution in [3.05, 3.63) is 36.2 Å². The third kappa shape index (κ3) is 3.95. The second-order valence-electron chi connectivity index (χ2n) is 7.47. The number of fused-ring (bicyclic) bond motifs is 1. The minimum atomic E-state index is 0.565. The predicted molar refractivity (Wildman–Crippen MR) is 101 cm³/mol. The fraction of sp³-hybridized carbons (Fsp3) is 0.579. The van der Waals surface area contributed by atoms with Crippen molar-refractivity contribution in [2.75, 3.05) is 36.4 Å². The van der Waals surface area contributed by atoms with Crippen LogP contribution in [0.2, 0.25) is 0 Å². The molecule has 2 aromatic rings. The summed E-state index contributed by atoms with van der Waals surface area (Å²) in [6.45, 7) is 8.45. The molecule has 0 spiro atoms. The molecule has 2 aliphatic rings. The maximum Gasteiger partial charge on any atom is 0.128 e. The number of piperidine rings is 1. The first kappa shape index (κ1) is 16.4. The molecule has 0 aliphatic carbocycles. The summed E-state index contributed by atoms with van der Waals surface area (Å²) in [7, 11) is 0. The Balaban J connectivity index is 1.23. The average Bonchev–Trinajstić information content (AvgIpc) is 3.11. The highest BCUT2D eigenvalue weighted by molar-refractivity contribution is 5.39. The Bertz CT molecular complexity index is 671. The molecular formula is C19H28N6. The Morgan fingerprint density at radius 3 is 2.92 bits per heavy atom. The second kappa shape index (κ2) is 7.44. The van der Waals surface area contributed by atoms with E-state index in [-0.39, 0.29) is 0 Å². The van der Waals surface area contributed by atoms with Crippen LogP contribution in [0.5, 0.6) is 0 Å². The zero-order valence-corrected chi connectivity index (χ0v) is 15.0. The van der Waals surface area contributed by atoms with Crippen molar-refractivity contribution in [1.29, 1.82) is 0 Å². The molecule has 0 bridgehead atoms. The maximum absolute atomic E-state index is 4.68. The standard InChI is InChI=1S/C19H28N6/c1-15-5-8-24(9-6-15)18-3-2-16(12-21-18)10-20-11-17-13-22-19-4-7-23-25(19)14-17/h2-4,7,12,15,17,20,22H,5-6,8-11,13-14H2,1H3/t17-/m1/s1. The Morgan fingerprint density at radius 1 is 1.24 bits per heavy atom. The molecule has 1 saturated heterocycles. The summed E-state index contributed by atoms with van der Waals surface area (Å²) in [6.07, 6.45) is 6.43. The van der Waals surface area contributed by atoms with E-state index in [1.807, 2.05) is 23.1 Å². The number of hydrogen-bond donors (Lipinski definition) is 2. The number of rotatable bonds is 5. The number of anilines is 2. The summed E-state index contributed by atoms with van der Waals surface area (Å²) >= 11 is 0. The molecular weight excluding hydrogens is 312 g/mol. The molecule has 0 saturated carbocycles. The van der Waals surface area contributed by atoms with Crippen LogP contribution in [0, 0.1) is 11.8 Å². The predicted octanol–water partition coefficient (Wildman–Crippen LogP) is 2.35. The number of aromatic nitrogens is 3. The fourth-order valence-corrected chi connectivity index (χ4v) is 3.69. The topological polar surface area (TPSA) is 58.0 Å². The van der Waals surface area contributed by atoms with Gasteiger partial charge in [-0.2, -0.15) is 5.10 Å². The van der Waals surface area contributed by atoms with Gasteiger partial charge in [-0.3, -0.25) is 0 Å². The highest BCUT2D eigenvalue weighted by Crippen LogP contribution is 2.21. The SMILES string of the molecule is CC1CCN(c2ccc(CNC[C@@H]3CNc4ccnn4C3)cn2)CC1. The molecule has 1 fully saturated rings. The van der Waals surface area contributed by atoms with Gasteiger partial charge in [0.25, 0.3) is 0 Å².